The van der Waals surface area contributed by atoms with Gasteiger partial charge >= 0.3 is 0 Å². The maximum Gasteiger partial charge on any atom is 0.262 e. The van der Waals surface area contributed by atoms with Gasteiger partial charge in [0.15, 0.2) is 0 Å². The summed E-state index contributed by atoms with van der Waals surface area (Å²) in [5.74, 6) is 0.603. The fraction of sp³-hybridized carbons (Fsp3) is 0.348. The van der Waals surface area contributed by atoms with Crippen LogP contribution < -0.4 is 5.56 Å². The standard InChI is InChI=1S/C23H27N5OS/c1-4-14-26-21(29)19-8-6-7-9-20(19)28-22(26)24-27(23(28)30)16-25(3)15-18-12-10-17(5-2)11-13-18/h6-13H,4-5,14-16H2,1-3H3. The van der Waals surface area contributed by atoms with Crippen molar-refractivity contribution in [2.75, 3.05) is 7.05 Å². The molecule has 0 unspecified atom stereocenters. The average Bonchev–Trinajstić information content (AvgIpc) is 3.07. The van der Waals surface area contributed by atoms with Crippen molar-refractivity contribution in [1.29, 1.82) is 0 Å². The van der Waals surface area contributed by atoms with Crippen molar-refractivity contribution < 1.29 is 0 Å². The summed E-state index contributed by atoms with van der Waals surface area (Å²) < 4.78 is 6.06. The van der Waals surface area contributed by atoms with Crippen LogP contribution in [0.4, 0.5) is 0 Å². The van der Waals surface area contributed by atoms with E-state index in [0.717, 1.165) is 24.9 Å². The lowest BCUT2D eigenvalue weighted by Crippen LogP contribution is -2.23. The summed E-state index contributed by atoms with van der Waals surface area (Å²) in [5.41, 5.74) is 3.37. The van der Waals surface area contributed by atoms with Gasteiger partial charge in [-0.3, -0.25) is 18.7 Å². The Kier molecular flexibility index (Phi) is 5.83. The van der Waals surface area contributed by atoms with Gasteiger partial charge in [0.1, 0.15) is 0 Å². The number of hydrogen-bond acceptors (Lipinski definition) is 4. The Morgan fingerprint density at radius 2 is 1.73 bits per heavy atom. The highest BCUT2D eigenvalue weighted by atomic mass is 32.1. The van der Waals surface area contributed by atoms with Gasteiger partial charge in [0.25, 0.3) is 5.56 Å². The van der Waals surface area contributed by atoms with Crippen LogP contribution in [-0.4, -0.2) is 30.7 Å². The van der Waals surface area contributed by atoms with E-state index in [9.17, 15) is 4.79 Å². The highest BCUT2D eigenvalue weighted by Crippen LogP contribution is 2.15. The Morgan fingerprint density at radius 3 is 2.43 bits per heavy atom. The van der Waals surface area contributed by atoms with Gasteiger partial charge in [0.2, 0.25) is 10.5 Å². The van der Waals surface area contributed by atoms with E-state index in [0.29, 0.717) is 29.1 Å². The molecule has 0 saturated heterocycles. The third kappa shape index (κ3) is 3.70. The number of aryl methyl sites for hydroxylation is 2. The van der Waals surface area contributed by atoms with Crippen molar-refractivity contribution in [3.05, 3.63) is 74.8 Å². The van der Waals surface area contributed by atoms with Crippen LogP contribution in [0, 0.1) is 4.77 Å². The number of para-hydroxylation sites is 1. The number of benzene rings is 2. The molecule has 2 aromatic heterocycles. The molecule has 0 amide bonds. The van der Waals surface area contributed by atoms with Crippen LogP contribution >= 0.6 is 12.2 Å². The Hall–Kier alpha value is -2.77. The quantitative estimate of drug-likeness (QED) is 0.419. The minimum Gasteiger partial charge on any atom is -0.283 e. The summed E-state index contributed by atoms with van der Waals surface area (Å²) in [5, 5.41) is 5.41. The molecule has 0 aliphatic rings. The molecule has 0 N–H and O–H groups in total. The lowest BCUT2D eigenvalue weighted by molar-refractivity contribution is 0.244. The zero-order valence-electron chi connectivity index (χ0n) is 17.7. The number of nitrogens with zero attached hydrogens (tertiary/aromatic N) is 5. The molecule has 156 valence electrons. The normalized spacial score (nSPS) is 11.7. The predicted molar refractivity (Wildman–Crippen MR) is 123 cm³/mol. The van der Waals surface area contributed by atoms with E-state index in [2.05, 4.69) is 50.1 Å². The third-order valence-electron chi connectivity index (χ3n) is 5.39. The van der Waals surface area contributed by atoms with Gasteiger partial charge in [0.05, 0.1) is 17.6 Å². The van der Waals surface area contributed by atoms with E-state index < -0.39 is 0 Å². The first kappa shape index (κ1) is 20.5. The fourth-order valence-corrected chi connectivity index (χ4v) is 4.13. The molecule has 4 aromatic rings. The first-order valence-corrected chi connectivity index (χ1v) is 10.8. The zero-order valence-corrected chi connectivity index (χ0v) is 18.5. The maximum atomic E-state index is 13.0. The van der Waals surface area contributed by atoms with Gasteiger partial charge in [-0.05, 0) is 55.4 Å². The Balaban J connectivity index is 1.73. The van der Waals surface area contributed by atoms with E-state index in [1.165, 1.54) is 11.1 Å². The van der Waals surface area contributed by atoms with Crippen molar-refractivity contribution >= 4 is 28.9 Å². The van der Waals surface area contributed by atoms with Crippen LogP contribution in [0.15, 0.2) is 53.3 Å². The molecule has 0 bridgehead atoms. The van der Waals surface area contributed by atoms with Gasteiger partial charge in [-0.2, -0.15) is 0 Å². The molecular formula is C23H27N5OS. The van der Waals surface area contributed by atoms with Crippen LogP contribution in [0.5, 0.6) is 0 Å². The molecule has 4 rings (SSSR count). The molecule has 7 heteroatoms. The van der Waals surface area contributed by atoms with Gasteiger partial charge in [-0.1, -0.05) is 50.2 Å². The molecule has 0 atom stereocenters. The summed E-state index contributed by atoms with van der Waals surface area (Å²) in [6.45, 7) is 6.17. The summed E-state index contributed by atoms with van der Waals surface area (Å²) in [6, 6.07) is 16.3. The second kappa shape index (κ2) is 8.53. The molecule has 0 aliphatic heterocycles. The van der Waals surface area contributed by atoms with Crippen molar-refractivity contribution in [2.24, 2.45) is 0 Å². The van der Waals surface area contributed by atoms with Crippen LogP contribution in [0.25, 0.3) is 16.7 Å². The van der Waals surface area contributed by atoms with E-state index in [1.807, 2.05) is 33.3 Å². The average molecular weight is 422 g/mol. The highest BCUT2D eigenvalue weighted by Gasteiger charge is 2.16. The lowest BCUT2D eigenvalue weighted by Gasteiger charge is -2.16. The summed E-state index contributed by atoms with van der Waals surface area (Å²) in [4.78, 5) is 15.2. The molecule has 0 spiro atoms. The number of hydrogen-bond donors (Lipinski definition) is 0. The fourth-order valence-electron chi connectivity index (χ4n) is 3.86. The van der Waals surface area contributed by atoms with Crippen LogP contribution in [0.3, 0.4) is 0 Å². The largest absolute Gasteiger partial charge is 0.283 e. The van der Waals surface area contributed by atoms with Crippen LogP contribution in [-0.2, 0) is 26.2 Å². The van der Waals surface area contributed by atoms with Crippen LogP contribution in [0.1, 0.15) is 31.4 Å². The second-order valence-electron chi connectivity index (χ2n) is 7.72. The predicted octanol–water partition coefficient (Wildman–Crippen LogP) is 4.24. The van der Waals surface area contributed by atoms with E-state index >= 15 is 0 Å². The molecule has 2 aromatic carbocycles. The summed E-state index contributed by atoms with van der Waals surface area (Å²) in [7, 11) is 2.05. The molecule has 0 fully saturated rings. The number of aromatic nitrogens is 4. The third-order valence-corrected chi connectivity index (χ3v) is 5.78. The Morgan fingerprint density at radius 1 is 1.03 bits per heavy atom. The minimum atomic E-state index is -0.0172. The van der Waals surface area contributed by atoms with E-state index in [4.69, 9.17) is 17.3 Å². The smallest absolute Gasteiger partial charge is 0.262 e. The molecule has 30 heavy (non-hydrogen) atoms. The SMILES string of the molecule is CCCn1c(=O)c2ccccc2n2c(=S)n(CN(C)Cc3ccc(CC)cc3)nc12. The zero-order chi connectivity index (χ0) is 21.3. The number of fused-ring (bicyclic) bond motifs is 3. The van der Waals surface area contributed by atoms with Crippen molar-refractivity contribution in [2.45, 2.75) is 46.4 Å². The number of rotatable bonds is 7. The monoisotopic (exact) mass is 421 g/mol. The second-order valence-corrected chi connectivity index (χ2v) is 8.08. The molecule has 6 nitrogen and oxygen atoms in total. The minimum absolute atomic E-state index is 0.0172. The van der Waals surface area contributed by atoms with E-state index in [-0.39, 0.29) is 5.56 Å². The van der Waals surface area contributed by atoms with Gasteiger partial charge in [0, 0.05) is 13.1 Å². The van der Waals surface area contributed by atoms with Crippen molar-refractivity contribution in [3.63, 3.8) is 0 Å². The molecule has 0 aliphatic carbocycles. The van der Waals surface area contributed by atoms with Crippen molar-refractivity contribution in [1.82, 2.24) is 23.6 Å². The molecule has 2 heterocycles. The highest BCUT2D eigenvalue weighted by molar-refractivity contribution is 7.71. The maximum absolute atomic E-state index is 13.0. The van der Waals surface area contributed by atoms with E-state index in [1.54, 1.807) is 4.57 Å². The van der Waals surface area contributed by atoms with Gasteiger partial charge < -0.3 is 0 Å². The van der Waals surface area contributed by atoms with Gasteiger partial charge in [-0.25, -0.2) is 4.68 Å². The molecule has 0 radical (unpaired) electrons. The molecular weight excluding hydrogens is 394 g/mol. The first-order valence-electron chi connectivity index (χ1n) is 10.4. The Labute approximate surface area is 181 Å². The molecule has 0 saturated carbocycles. The summed E-state index contributed by atoms with van der Waals surface area (Å²) in [6.07, 6.45) is 1.89. The summed E-state index contributed by atoms with van der Waals surface area (Å²) >= 11 is 5.78. The Bertz CT molecular complexity index is 1300. The topological polar surface area (TPSA) is 47.5 Å². The van der Waals surface area contributed by atoms with Crippen LogP contribution in [0.2, 0.25) is 0 Å². The van der Waals surface area contributed by atoms with Gasteiger partial charge in [-0.15, -0.1) is 5.10 Å². The first-order chi connectivity index (χ1) is 14.5. The lowest BCUT2D eigenvalue weighted by atomic mass is 10.1. The van der Waals surface area contributed by atoms with Crippen molar-refractivity contribution in [3.8, 4) is 0 Å².